The number of hydrogen-bond acceptors (Lipinski definition) is 7. The van der Waals surface area contributed by atoms with Gasteiger partial charge in [-0.15, -0.1) is 0 Å². The lowest BCUT2D eigenvalue weighted by molar-refractivity contribution is 0.234. The first-order valence-corrected chi connectivity index (χ1v) is 5.99. The molecule has 0 radical (unpaired) electrons. The number of hydrogen-bond donors (Lipinski definition) is 2. The Morgan fingerprint density at radius 1 is 1.42 bits per heavy atom. The average molecular weight is 263 g/mol. The minimum Gasteiger partial charge on any atom is -0.473 e. The minimum atomic E-state index is 0.00183. The van der Waals surface area contributed by atoms with Crippen LogP contribution >= 0.6 is 0 Å². The topological polar surface area (TPSA) is 99.1 Å². The van der Waals surface area contributed by atoms with Crippen LogP contribution in [0.5, 0.6) is 5.88 Å². The number of nitrogens with zero attached hydrogens (tertiary/aromatic N) is 3. The van der Waals surface area contributed by atoms with E-state index < -0.39 is 0 Å². The van der Waals surface area contributed by atoms with Crippen molar-refractivity contribution in [3.05, 3.63) is 23.8 Å². The Morgan fingerprint density at radius 3 is 2.84 bits per heavy atom. The zero-order valence-electron chi connectivity index (χ0n) is 11.2. The zero-order valence-corrected chi connectivity index (χ0v) is 11.2. The fourth-order valence-electron chi connectivity index (χ4n) is 1.51. The van der Waals surface area contributed by atoms with Crippen LogP contribution in [0.15, 0.2) is 16.9 Å². The van der Waals surface area contributed by atoms with Gasteiger partial charge >= 0.3 is 0 Å². The molecule has 0 aliphatic carbocycles. The summed E-state index contributed by atoms with van der Waals surface area (Å²) in [5.74, 6) is 1.60. The van der Waals surface area contributed by atoms with Crippen molar-refractivity contribution in [3.63, 3.8) is 0 Å². The van der Waals surface area contributed by atoms with E-state index in [0.717, 1.165) is 5.69 Å². The van der Waals surface area contributed by atoms with Gasteiger partial charge in [0.1, 0.15) is 12.0 Å². The lowest BCUT2D eigenvalue weighted by Gasteiger charge is -2.13. The maximum absolute atomic E-state index is 5.94. The maximum atomic E-state index is 5.94. The Kier molecular flexibility index (Phi) is 3.84. The Balaban J connectivity index is 2.08. The van der Waals surface area contributed by atoms with Crippen LogP contribution in [0.25, 0.3) is 0 Å². The van der Waals surface area contributed by atoms with E-state index in [1.165, 1.54) is 6.33 Å². The van der Waals surface area contributed by atoms with Gasteiger partial charge < -0.3 is 20.3 Å². The highest BCUT2D eigenvalue weighted by Crippen LogP contribution is 2.25. The molecule has 0 aromatic carbocycles. The third kappa shape index (κ3) is 3.34. The number of aryl methyl sites for hydroxylation is 1. The second-order valence-electron chi connectivity index (χ2n) is 4.40. The molecule has 3 N–H and O–H groups in total. The number of nitrogens with one attached hydrogen (secondary N) is 1. The summed E-state index contributed by atoms with van der Waals surface area (Å²) < 4.78 is 10.6. The van der Waals surface area contributed by atoms with E-state index >= 15 is 0 Å². The summed E-state index contributed by atoms with van der Waals surface area (Å²) in [6.07, 6.45) is 1.41. The van der Waals surface area contributed by atoms with Crippen LogP contribution in [-0.4, -0.2) is 21.2 Å². The lowest BCUT2D eigenvalue weighted by Crippen LogP contribution is -2.11. The Morgan fingerprint density at radius 2 is 2.21 bits per heavy atom. The smallest absolute Gasteiger partial charge is 0.242 e. The second kappa shape index (κ2) is 5.55. The molecule has 19 heavy (non-hydrogen) atoms. The van der Waals surface area contributed by atoms with Gasteiger partial charge in [0.05, 0.1) is 18.3 Å². The summed E-state index contributed by atoms with van der Waals surface area (Å²) in [6.45, 7) is 6.13. The molecule has 0 fully saturated rings. The van der Waals surface area contributed by atoms with Crippen molar-refractivity contribution in [1.29, 1.82) is 0 Å². The van der Waals surface area contributed by atoms with Gasteiger partial charge in [-0.3, -0.25) is 0 Å². The molecule has 0 amide bonds. The van der Waals surface area contributed by atoms with E-state index in [4.69, 9.17) is 15.0 Å². The highest BCUT2D eigenvalue weighted by atomic mass is 16.5. The van der Waals surface area contributed by atoms with Crippen LogP contribution < -0.4 is 15.8 Å². The molecule has 0 atom stereocenters. The Bertz CT molecular complexity index is 553. The number of ether oxygens (including phenoxy) is 1. The van der Waals surface area contributed by atoms with Crippen molar-refractivity contribution in [2.24, 2.45) is 0 Å². The molecule has 0 aliphatic rings. The summed E-state index contributed by atoms with van der Waals surface area (Å²) in [5.41, 5.74) is 7.15. The molecule has 102 valence electrons. The van der Waals surface area contributed by atoms with Crippen molar-refractivity contribution in [3.8, 4) is 5.88 Å². The molecule has 2 heterocycles. The minimum absolute atomic E-state index is 0.00183. The standard InChI is InChI=1S/C12H17N5O2/c1-7(2)18-12-10(13)11(15-6-16-12)14-5-9-4-8(3)17-19-9/h4,6-7H,5,13H2,1-3H3,(H,14,15,16). The van der Waals surface area contributed by atoms with E-state index in [1.807, 2.05) is 26.8 Å². The third-order valence-electron chi connectivity index (χ3n) is 2.30. The van der Waals surface area contributed by atoms with Gasteiger partial charge in [-0.1, -0.05) is 5.16 Å². The van der Waals surface area contributed by atoms with Gasteiger partial charge in [-0.2, -0.15) is 4.98 Å². The molecule has 2 aromatic rings. The van der Waals surface area contributed by atoms with Crippen molar-refractivity contribution < 1.29 is 9.26 Å². The summed E-state index contributed by atoms with van der Waals surface area (Å²) in [4.78, 5) is 8.08. The van der Waals surface area contributed by atoms with Gasteiger partial charge in [0.2, 0.25) is 5.88 Å². The predicted molar refractivity (Wildman–Crippen MR) is 70.8 cm³/mol. The Hall–Kier alpha value is -2.31. The third-order valence-corrected chi connectivity index (χ3v) is 2.30. The molecular weight excluding hydrogens is 246 g/mol. The van der Waals surface area contributed by atoms with Crippen molar-refractivity contribution >= 4 is 11.5 Å². The van der Waals surface area contributed by atoms with Gasteiger partial charge in [-0.05, 0) is 20.8 Å². The molecular formula is C12H17N5O2. The summed E-state index contributed by atoms with van der Waals surface area (Å²) >= 11 is 0. The van der Waals surface area contributed by atoms with Gasteiger partial charge in [0, 0.05) is 6.07 Å². The average Bonchev–Trinajstić information content (AvgIpc) is 2.76. The molecule has 0 saturated heterocycles. The largest absolute Gasteiger partial charge is 0.473 e. The predicted octanol–water partition coefficient (Wildman–Crippen LogP) is 1.75. The van der Waals surface area contributed by atoms with E-state index in [9.17, 15) is 0 Å². The summed E-state index contributed by atoms with van der Waals surface area (Å²) in [5, 5.41) is 6.87. The van der Waals surface area contributed by atoms with Crippen LogP contribution in [0.2, 0.25) is 0 Å². The molecule has 0 bridgehead atoms. The summed E-state index contributed by atoms with van der Waals surface area (Å²) in [7, 11) is 0. The molecule has 0 unspecified atom stereocenters. The number of nitrogens with two attached hydrogens (primary N) is 1. The van der Waals surface area contributed by atoms with Crippen molar-refractivity contribution in [2.75, 3.05) is 11.1 Å². The van der Waals surface area contributed by atoms with Crippen LogP contribution in [0.3, 0.4) is 0 Å². The van der Waals surface area contributed by atoms with Gasteiger partial charge in [0.15, 0.2) is 11.6 Å². The molecule has 0 saturated carbocycles. The van der Waals surface area contributed by atoms with Gasteiger partial charge in [-0.25, -0.2) is 4.98 Å². The zero-order chi connectivity index (χ0) is 13.8. The first-order chi connectivity index (χ1) is 9.06. The normalized spacial score (nSPS) is 10.7. The van der Waals surface area contributed by atoms with E-state index in [0.29, 0.717) is 29.7 Å². The van der Waals surface area contributed by atoms with Crippen LogP contribution in [-0.2, 0) is 6.54 Å². The van der Waals surface area contributed by atoms with Crippen LogP contribution in [0, 0.1) is 6.92 Å². The highest BCUT2D eigenvalue weighted by molar-refractivity contribution is 5.66. The monoisotopic (exact) mass is 263 g/mol. The van der Waals surface area contributed by atoms with Crippen molar-refractivity contribution in [1.82, 2.24) is 15.1 Å². The second-order valence-corrected chi connectivity index (χ2v) is 4.40. The first kappa shape index (κ1) is 13.1. The highest BCUT2D eigenvalue weighted by Gasteiger charge is 2.11. The molecule has 0 spiro atoms. The molecule has 2 aromatic heterocycles. The number of nitrogen functional groups attached to an aromatic ring is 1. The summed E-state index contributed by atoms with van der Waals surface area (Å²) in [6, 6.07) is 1.84. The van der Waals surface area contributed by atoms with E-state index in [1.54, 1.807) is 0 Å². The van der Waals surface area contributed by atoms with E-state index in [-0.39, 0.29) is 6.10 Å². The number of rotatable bonds is 5. The molecule has 0 aliphatic heterocycles. The lowest BCUT2D eigenvalue weighted by atomic mass is 10.3. The Labute approximate surface area is 111 Å². The molecule has 2 rings (SSSR count). The fourth-order valence-corrected chi connectivity index (χ4v) is 1.51. The quantitative estimate of drug-likeness (QED) is 0.847. The fraction of sp³-hybridized carbons (Fsp3) is 0.417. The SMILES string of the molecule is Cc1cc(CNc2ncnc(OC(C)C)c2N)on1. The molecule has 7 nitrogen and oxygen atoms in total. The number of aromatic nitrogens is 3. The molecule has 7 heteroatoms. The van der Waals surface area contributed by atoms with Crippen molar-refractivity contribution in [2.45, 2.75) is 33.4 Å². The van der Waals surface area contributed by atoms with Crippen LogP contribution in [0.1, 0.15) is 25.3 Å². The first-order valence-electron chi connectivity index (χ1n) is 5.99. The van der Waals surface area contributed by atoms with Crippen LogP contribution in [0.4, 0.5) is 11.5 Å². The van der Waals surface area contributed by atoms with Gasteiger partial charge in [0.25, 0.3) is 0 Å². The maximum Gasteiger partial charge on any atom is 0.242 e. The number of anilines is 2. The van der Waals surface area contributed by atoms with E-state index in [2.05, 4.69) is 20.4 Å².